The number of hydrogen-bond donors (Lipinski definition) is 1. The molecule has 6 nitrogen and oxygen atoms in total. The van der Waals surface area contributed by atoms with Crippen LogP contribution in [-0.2, 0) is 32.0 Å². The molecular weight excluding hydrogens is 432 g/mol. The van der Waals surface area contributed by atoms with Crippen LogP contribution in [0.2, 0.25) is 0 Å². The number of aryl methyl sites for hydroxylation is 1. The van der Waals surface area contributed by atoms with Gasteiger partial charge in [-0.3, -0.25) is 0 Å². The molecule has 0 saturated carbocycles. The first-order valence-corrected chi connectivity index (χ1v) is 10.9. The van der Waals surface area contributed by atoms with Crippen molar-refractivity contribution in [2.24, 2.45) is 0 Å². The maximum absolute atomic E-state index is 11.7. The lowest BCUT2D eigenvalue weighted by molar-refractivity contribution is -0.139. The van der Waals surface area contributed by atoms with E-state index in [1.165, 1.54) is 0 Å². The molecule has 6 heteroatoms. The van der Waals surface area contributed by atoms with Gasteiger partial charge in [-0.1, -0.05) is 50.1 Å². The summed E-state index contributed by atoms with van der Waals surface area (Å²) >= 11 is 0. The highest BCUT2D eigenvalue weighted by atomic mass is 16.5. The van der Waals surface area contributed by atoms with Gasteiger partial charge in [0, 0.05) is 23.1 Å². The molecule has 0 radical (unpaired) electrons. The number of hydrogen-bond acceptors (Lipinski definition) is 5. The second kappa shape index (κ2) is 12.3. The van der Waals surface area contributed by atoms with E-state index in [2.05, 4.69) is 19.7 Å². The van der Waals surface area contributed by atoms with E-state index in [1.54, 1.807) is 26.0 Å². The zero-order valence-corrected chi connectivity index (χ0v) is 19.7. The number of unbranched alkanes of at least 4 members (excludes halogenated alkanes) is 1. The molecule has 0 heterocycles. The molecular formula is C28H30O6. The van der Waals surface area contributed by atoms with Crippen molar-refractivity contribution in [2.45, 2.75) is 39.5 Å². The van der Waals surface area contributed by atoms with Crippen LogP contribution in [0.25, 0.3) is 11.1 Å². The third-order valence-electron chi connectivity index (χ3n) is 5.08. The largest absolute Gasteiger partial charge is 0.478 e. The minimum Gasteiger partial charge on any atom is -0.478 e. The Balaban J connectivity index is 2.17. The van der Waals surface area contributed by atoms with Crippen LogP contribution in [0.3, 0.4) is 0 Å². The molecule has 34 heavy (non-hydrogen) atoms. The Hall–Kier alpha value is -3.93. The molecule has 178 valence electrons. The van der Waals surface area contributed by atoms with Crippen molar-refractivity contribution in [3.63, 3.8) is 0 Å². The van der Waals surface area contributed by atoms with Gasteiger partial charge in [0.2, 0.25) is 0 Å². The Morgan fingerprint density at radius 2 is 1.44 bits per heavy atom. The Morgan fingerprint density at radius 1 is 0.824 bits per heavy atom. The number of benzene rings is 2. The van der Waals surface area contributed by atoms with Crippen molar-refractivity contribution >= 4 is 17.9 Å². The van der Waals surface area contributed by atoms with E-state index in [4.69, 9.17) is 9.47 Å². The lowest BCUT2D eigenvalue weighted by Gasteiger charge is -2.13. The van der Waals surface area contributed by atoms with Crippen molar-refractivity contribution in [3.05, 3.63) is 90.0 Å². The van der Waals surface area contributed by atoms with Crippen molar-refractivity contribution < 1.29 is 29.0 Å². The molecule has 0 atom stereocenters. The van der Waals surface area contributed by atoms with Crippen LogP contribution in [0, 0.1) is 0 Å². The molecule has 0 bridgehead atoms. The Labute approximate surface area is 200 Å². The summed E-state index contributed by atoms with van der Waals surface area (Å²) in [5.74, 6) is -1.48. The quantitative estimate of drug-likeness (QED) is 0.195. The maximum atomic E-state index is 11.7. The van der Waals surface area contributed by atoms with Gasteiger partial charge in [-0.2, -0.15) is 0 Å². The number of aliphatic carboxylic acids is 1. The van der Waals surface area contributed by atoms with Crippen molar-refractivity contribution in [1.82, 2.24) is 0 Å². The van der Waals surface area contributed by atoms with E-state index < -0.39 is 17.9 Å². The van der Waals surface area contributed by atoms with Crippen LogP contribution in [0.1, 0.15) is 37.8 Å². The molecule has 0 unspecified atom stereocenters. The molecule has 2 aromatic carbocycles. The number of rotatable bonds is 12. The van der Waals surface area contributed by atoms with Crippen molar-refractivity contribution in [3.8, 4) is 16.9 Å². The molecule has 0 spiro atoms. The predicted molar refractivity (Wildman–Crippen MR) is 132 cm³/mol. The fraction of sp³-hybridized carbons (Fsp3) is 0.250. The van der Waals surface area contributed by atoms with Gasteiger partial charge in [0.1, 0.15) is 5.75 Å². The second-order valence-corrected chi connectivity index (χ2v) is 8.14. The molecule has 0 saturated heterocycles. The van der Waals surface area contributed by atoms with Gasteiger partial charge in [-0.15, -0.1) is 0 Å². The first-order valence-electron chi connectivity index (χ1n) is 10.9. The summed E-state index contributed by atoms with van der Waals surface area (Å²) in [7, 11) is 0. The Kier molecular flexibility index (Phi) is 9.56. The summed E-state index contributed by atoms with van der Waals surface area (Å²) in [5.41, 5.74) is 4.57. The summed E-state index contributed by atoms with van der Waals surface area (Å²) in [4.78, 5) is 34.5. The Morgan fingerprint density at radius 3 is 2.03 bits per heavy atom. The van der Waals surface area contributed by atoms with E-state index in [0.29, 0.717) is 36.3 Å². The van der Waals surface area contributed by atoms with E-state index in [-0.39, 0.29) is 12.0 Å². The molecule has 2 aromatic rings. The highest BCUT2D eigenvalue weighted by molar-refractivity contribution is 5.89. The number of esters is 2. The first-order chi connectivity index (χ1) is 16.1. The third-order valence-corrected chi connectivity index (χ3v) is 5.08. The normalized spacial score (nSPS) is 10.3. The fourth-order valence-corrected chi connectivity index (χ4v) is 3.13. The maximum Gasteiger partial charge on any atom is 0.338 e. The lowest BCUT2D eigenvalue weighted by atomic mass is 9.93. The molecule has 2 rings (SSSR count). The number of carbonyl (C=O) groups excluding carboxylic acids is 2. The summed E-state index contributed by atoms with van der Waals surface area (Å²) in [6.07, 6.45) is 2.36. The van der Waals surface area contributed by atoms with Gasteiger partial charge >= 0.3 is 17.9 Å². The molecule has 0 aliphatic carbocycles. The first kappa shape index (κ1) is 26.3. The Bertz CT molecular complexity index is 1110. The van der Waals surface area contributed by atoms with Crippen LogP contribution in [-0.4, -0.2) is 29.6 Å². The monoisotopic (exact) mass is 462 g/mol. The zero-order valence-electron chi connectivity index (χ0n) is 19.7. The van der Waals surface area contributed by atoms with Crippen LogP contribution in [0.5, 0.6) is 5.75 Å². The van der Waals surface area contributed by atoms with E-state index in [9.17, 15) is 19.5 Å². The highest BCUT2D eigenvalue weighted by Gasteiger charge is 2.12. The molecule has 0 amide bonds. The second-order valence-electron chi connectivity index (χ2n) is 8.14. The van der Waals surface area contributed by atoms with Crippen LogP contribution in [0.15, 0.2) is 78.9 Å². The van der Waals surface area contributed by atoms with Crippen molar-refractivity contribution in [2.75, 3.05) is 6.61 Å². The average Bonchev–Trinajstić information content (AvgIpc) is 2.79. The predicted octanol–water partition coefficient (Wildman–Crippen LogP) is 5.46. The summed E-state index contributed by atoms with van der Waals surface area (Å²) in [6, 6.07) is 13.0. The lowest BCUT2D eigenvalue weighted by Crippen LogP contribution is -2.08. The molecule has 0 aromatic heterocycles. The van der Waals surface area contributed by atoms with Gasteiger partial charge in [0.25, 0.3) is 0 Å². The number of ether oxygens (including phenoxy) is 2. The average molecular weight is 463 g/mol. The van der Waals surface area contributed by atoms with Gasteiger partial charge in [0.05, 0.1) is 6.61 Å². The number of carbonyl (C=O) groups is 3. The number of carboxylic acid groups (broad SMARTS) is 1. The van der Waals surface area contributed by atoms with E-state index in [0.717, 1.165) is 28.7 Å². The topological polar surface area (TPSA) is 89.9 Å². The van der Waals surface area contributed by atoms with Crippen molar-refractivity contribution in [1.29, 1.82) is 0 Å². The standard InChI is InChI=1S/C28H30O6/c1-18(2)27(31)33-15-7-6-8-22-17-24(10-9-23(22)16-20(5)26(29)30)21-11-13-25(14-12-21)34-28(32)19(3)4/h9-14,17H,1,3,5-8,15-16H2,2,4H3,(H,29,30). The number of carboxylic acids is 1. The summed E-state index contributed by atoms with van der Waals surface area (Å²) in [6.45, 7) is 14.3. The highest BCUT2D eigenvalue weighted by Crippen LogP contribution is 2.27. The van der Waals surface area contributed by atoms with Gasteiger partial charge in [-0.05, 0) is 67.5 Å². The van der Waals surface area contributed by atoms with Crippen LogP contribution < -0.4 is 4.74 Å². The molecule has 0 aliphatic heterocycles. The minimum absolute atomic E-state index is 0.119. The van der Waals surface area contributed by atoms with Gasteiger partial charge in [-0.25, -0.2) is 14.4 Å². The van der Waals surface area contributed by atoms with E-state index >= 15 is 0 Å². The minimum atomic E-state index is -1.03. The SMILES string of the molecule is C=C(C)C(=O)OCCCCc1cc(-c2ccc(OC(=O)C(=C)C)cc2)ccc1CC(=C)C(=O)O. The van der Waals surface area contributed by atoms with Gasteiger partial charge < -0.3 is 14.6 Å². The molecule has 1 N–H and O–H groups in total. The van der Waals surface area contributed by atoms with Crippen LogP contribution in [0.4, 0.5) is 0 Å². The molecule has 0 fully saturated rings. The summed E-state index contributed by atoms with van der Waals surface area (Å²) < 4.78 is 10.4. The van der Waals surface area contributed by atoms with Crippen LogP contribution >= 0.6 is 0 Å². The zero-order chi connectivity index (χ0) is 25.3. The van der Waals surface area contributed by atoms with Gasteiger partial charge in [0.15, 0.2) is 0 Å². The fourth-order valence-electron chi connectivity index (χ4n) is 3.13. The van der Waals surface area contributed by atoms with E-state index in [1.807, 2.05) is 30.3 Å². The smallest absolute Gasteiger partial charge is 0.338 e. The molecule has 0 aliphatic rings. The third kappa shape index (κ3) is 7.89. The summed E-state index contributed by atoms with van der Waals surface area (Å²) in [5, 5.41) is 9.24.